The van der Waals surface area contributed by atoms with Crippen molar-refractivity contribution < 1.29 is 19.1 Å². The van der Waals surface area contributed by atoms with Crippen LogP contribution in [0.1, 0.15) is 53.3 Å². The van der Waals surface area contributed by atoms with Crippen molar-refractivity contribution in [2.75, 3.05) is 13.2 Å². The molecule has 5 heteroatoms. The standard InChI is InChI=1S/C17H21NO4/c1-2-15-5-3-4-10-18(15)16(20)12-22-17(21)14-8-6-13(11-19)7-9-14/h6-9,11,15H,2-5,10,12H2,1H3/t15-/m0/s1. The highest BCUT2D eigenvalue weighted by atomic mass is 16.5. The smallest absolute Gasteiger partial charge is 0.338 e. The van der Waals surface area contributed by atoms with Gasteiger partial charge in [0, 0.05) is 18.2 Å². The molecule has 22 heavy (non-hydrogen) atoms. The van der Waals surface area contributed by atoms with Crippen LogP contribution in [-0.4, -0.2) is 42.3 Å². The monoisotopic (exact) mass is 303 g/mol. The zero-order valence-electron chi connectivity index (χ0n) is 12.8. The highest BCUT2D eigenvalue weighted by Crippen LogP contribution is 2.19. The predicted molar refractivity (Wildman–Crippen MR) is 81.8 cm³/mol. The maximum Gasteiger partial charge on any atom is 0.338 e. The van der Waals surface area contributed by atoms with Crippen LogP contribution < -0.4 is 0 Å². The van der Waals surface area contributed by atoms with Gasteiger partial charge in [-0.25, -0.2) is 4.79 Å². The molecule has 1 heterocycles. The summed E-state index contributed by atoms with van der Waals surface area (Å²) in [7, 11) is 0. The molecule has 0 spiro atoms. The fourth-order valence-electron chi connectivity index (χ4n) is 2.74. The predicted octanol–water partition coefficient (Wildman–Crippen LogP) is 2.45. The molecule has 1 aliphatic rings. The Balaban J connectivity index is 1.89. The van der Waals surface area contributed by atoms with Gasteiger partial charge in [0.05, 0.1) is 5.56 Å². The SMILES string of the molecule is CC[C@H]1CCCCN1C(=O)COC(=O)c1ccc(C=O)cc1. The fraction of sp³-hybridized carbons (Fsp3) is 0.471. The van der Waals surface area contributed by atoms with Gasteiger partial charge in [0.2, 0.25) is 0 Å². The van der Waals surface area contributed by atoms with E-state index in [4.69, 9.17) is 4.74 Å². The largest absolute Gasteiger partial charge is 0.452 e. The van der Waals surface area contributed by atoms with Crippen LogP contribution >= 0.6 is 0 Å². The van der Waals surface area contributed by atoms with E-state index in [1.54, 1.807) is 12.1 Å². The molecule has 0 aromatic heterocycles. The first kappa shape index (κ1) is 16.2. The van der Waals surface area contributed by atoms with E-state index in [0.717, 1.165) is 32.2 Å². The number of aldehydes is 1. The quantitative estimate of drug-likeness (QED) is 0.619. The van der Waals surface area contributed by atoms with Gasteiger partial charge in [0.25, 0.3) is 5.91 Å². The van der Waals surface area contributed by atoms with E-state index < -0.39 is 5.97 Å². The number of hydrogen-bond acceptors (Lipinski definition) is 4. The summed E-state index contributed by atoms with van der Waals surface area (Å²) in [5.74, 6) is -0.680. The zero-order chi connectivity index (χ0) is 15.9. The Bertz CT molecular complexity index is 538. The Kier molecular flexibility index (Phi) is 5.69. The van der Waals surface area contributed by atoms with Gasteiger partial charge in [0.1, 0.15) is 6.29 Å². The highest BCUT2D eigenvalue weighted by molar-refractivity contribution is 5.92. The highest BCUT2D eigenvalue weighted by Gasteiger charge is 2.25. The lowest BCUT2D eigenvalue weighted by Gasteiger charge is -2.35. The molecule has 1 saturated heterocycles. The molecule has 1 aliphatic heterocycles. The Morgan fingerprint density at radius 2 is 2.00 bits per heavy atom. The lowest BCUT2D eigenvalue weighted by atomic mass is 10.00. The van der Waals surface area contributed by atoms with Crippen LogP contribution in [0.15, 0.2) is 24.3 Å². The van der Waals surface area contributed by atoms with Gasteiger partial charge in [-0.1, -0.05) is 19.1 Å². The minimum absolute atomic E-state index is 0.135. The molecule has 0 unspecified atom stereocenters. The molecule has 5 nitrogen and oxygen atoms in total. The summed E-state index contributed by atoms with van der Waals surface area (Å²) in [6, 6.07) is 6.39. The average molecular weight is 303 g/mol. The number of ether oxygens (including phenoxy) is 1. The summed E-state index contributed by atoms with van der Waals surface area (Å²) in [4.78, 5) is 36.5. The minimum atomic E-state index is -0.546. The number of piperidine rings is 1. The van der Waals surface area contributed by atoms with Gasteiger partial charge in [-0.05, 0) is 37.8 Å². The van der Waals surface area contributed by atoms with E-state index in [0.29, 0.717) is 17.4 Å². The average Bonchev–Trinajstić information content (AvgIpc) is 2.59. The van der Waals surface area contributed by atoms with Crippen molar-refractivity contribution in [2.24, 2.45) is 0 Å². The summed E-state index contributed by atoms with van der Waals surface area (Å²) in [5.41, 5.74) is 0.829. The van der Waals surface area contributed by atoms with Gasteiger partial charge >= 0.3 is 5.97 Å². The van der Waals surface area contributed by atoms with Crippen LogP contribution in [0.2, 0.25) is 0 Å². The van der Waals surface area contributed by atoms with Crippen LogP contribution in [0.25, 0.3) is 0 Å². The van der Waals surface area contributed by atoms with Gasteiger partial charge < -0.3 is 9.64 Å². The van der Waals surface area contributed by atoms with E-state index in [1.165, 1.54) is 12.1 Å². The van der Waals surface area contributed by atoms with E-state index in [2.05, 4.69) is 6.92 Å². The number of carbonyl (C=O) groups is 3. The van der Waals surface area contributed by atoms with Crippen molar-refractivity contribution in [1.82, 2.24) is 4.90 Å². The lowest BCUT2D eigenvalue weighted by molar-refractivity contribution is -0.138. The Morgan fingerprint density at radius 1 is 1.27 bits per heavy atom. The molecular formula is C17H21NO4. The normalized spacial score (nSPS) is 17.9. The number of esters is 1. The van der Waals surface area contributed by atoms with E-state index in [1.807, 2.05) is 4.90 Å². The molecule has 0 radical (unpaired) electrons. The molecule has 1 aromatic carbocycles. The van der Waals surface area contributed by atoms with Crippen LogP contribution in [-0.2, 0) is 9.53 Å². The maximum atomic E-state index is 12.2. The van der Waals surface area contributed by atoms with Crippen LogP contribution in [0.3, 0.4) is 0 Å². The molecular weight excluding hydrogens is 282 g/mol. The van der Waals surface area contributed by atoms with E-state index in [9.17, 15) is 14.4 Å². The third-order valence-corrected chi connectivity index (χ3v) is 4.03. The molecule has 1 amide bonds. The lowest BCUT2D eigenvalue weighted by Crippen LogP contribution is -2.45. The Hall–Kier alpha value is -2.17. The van der Waals surface area contributed by atoms with E-state index >= 15 is 0 Å². The minimum Gasteiger partial charge on any atom is -0.452 e. The fourth-order valence-corrected chi connectivity index (χ4v) is 2.74. The molecule has 118 valence electrons. The summed E-state index contributed by atoms with van der Waals surface area (Å²) in [6.45, 7) is 2.57. The Morgan fingerprint density at radius 3 is 2.64 bits per heavy atom. The summed E-state index contributed by atoms with van der Waals surface area (Å²) in [5, 5.41) is 0. The number of carbonyl (C=O) groups excluding carboxylic acids is 3. The van der Waals surface area contributed by atoms with Crippen molar-refractivity contribution in [2.45, 2.75) is 38.6 Å². The number of rotatable bonds is 5. The topological polar surface area (TPSA) is 63.7 Å². The van der Waals surface area contributed by atoms with Crippen molar-refractivity contribution in [3.05, 3.63) is 35.4 Å². The number of likely N-dealkylation sites (tertiary alicyclic amines) is 1. The third kappa shape index (κ3) is 3.93. The second-order valence-electron chi connectivity index (χ2n) is 5.46. The summed E-state index contributed by atoms with van der Waals surface area (Å²) in [6.07, 6.45) is 4.80. The summed E-state index contributed by atoms with van der Waals surface area (Å²) >= 11 is 0. The molecule has 0 N–H and O–H groups in total. The molecule has 0 saturated carbocycles. The molecule has 0 aliphatic carbocycles. The maximum absolute atomic E-state index is 12.2. The molecule has 1 aromatic rings. The van der Waals surface area contributed by atoms with Gasteiger partial charge in [-0.15, -0.1) is 0 Å². The van der Waals surface area contributed by atoms with Gasteiger partial charge in [0.15, 0.2) is 6.61 Å². The van der Waals surface area contributed by atoms with Gasteiger partial charge in [-0.3, -0.25) is 9.59 Å². The van der Waals surface area contributed by atoms with Crippen LogP contribution in [0.5, 0.6) is 0 Å². The second kappa shape index (κ2) is 7.73. The number of benzene rings is 1. The molecule has 2 rings (SSSR count). The number of nitrogens with zero attached hydrogens (tertiary/aromatic N) is 1. The number of amides is 1. The Labute approximate surface area is 130 Å². The first-order valence-corrected chi connectivity index (χ1v) is 7.67. The van der Waals surface area contributed by atoms with Crippen molar-refractivity contribution >= 4 is 18.2 Å². The number of hydrogen-bond donors (Lipinski definition) is 0. The van der Waals surface area contributed by atoms with Gasteiger partial charge in [-0.2, -0.15) is 0 Å². The van der Waals surface area contributed by atoms with Crippen molar-refractivity contribution in [3.8, 4) is 0 Å². The first-order chi connectivity index (χ1) is 10.7. The molecule has 1 fully saturated rings. The van der Waals surface area contributed by atoms with Crippen molar-refractivity contribution in [1.29, 1.82) is 0 Å². The van der Waals surface area contributed by atoms with Crippen molar-refractivity contribution in [3.63, 3.8) is 0 Å². The van der Waals surface area contributed by atoms with E-state index in [-0.39, 0.29) is 18.6 Å². The second-order valence-corrected chi connectivity index (χ2v) is 5.46. The zero-order valence-corrected chi connectivity index (χ0v) is 12.8. The van der Waals surface area contributed by atoms with Crippen LogP contribution in [0, 0.1) is 0 Å². The molecule has 1 atom stereocenters. The van der Waals surface area contributed by atoms with Crippen LogP contribution in [0.4, 0.5) is 0 Å². The molecule has 0 bridgehead atoms. The third-order valence-electron chi connectivity index (χ3n) is 4.03. The first-order valence-electron chi connectivity index (χ1n) is 7.67. The summed E-state index contributed by atoms with van der Waals surface area (Å²) < 4.78 is 5.09.